The molecule has 2 fully saturated rings. The zero-order valence-electron chi connectivity index (χ0n) is 10.6. The summed E-state index contributed by atoms with van der Waals surface area (Å²) < 4.78 is 33.4. The quantitative estimate of drug-likeness (QED) is 0.660. The van der Waals surface area contributed by atoms with Crippen molar-refractivity contribution in [1.29, 1.82) is 0 Å². The smallest absolute Gasteiger partial charge is 0.201 e. The number of hydrogen-bond acceptors (Lipinski definition) is 6. The lowest BCUT2D eigenvalue weighted by molar-refractivity contribution is -0.378. The Morgan fingerprint density at radius 3 is 2.18 bits per heavy atom. The Morgan fingerprint density at radius 1 is 1.06 bits per heavy atom. The molecule has 2 aliphatic rings. The van der Waals surface area contributed by atoms with Crippen molar-refractivity contribution in [3.63, 3.8) is 0 Å². The second kappa shape index (κ2) is 5.17. The maximum absolute atomic E-state index is 5.87. The van der Waals surface area contributed by atoms with Gasteiger partial charge in [0.05, 0.1) is 33.0 Å². The molecule has 17 heavy (non-hydrogen) atoms. The van der Waals surface area contributed by atoms with Crippen LogP contribution < -0.4 is 0 Å². The van der Waals surface area contributed by atoms with Crippen LogP contribution in [-0.4, -0.2) is 64.9 Å². The predicted octanol–water partition coefficient (Wildman–Crippen LogP) is 0.154. The van der Waals surface area contributed by atoms with Gasteiger partial charge in [-0.25, -0.2) is 0 Å². The minimum absolute atomic E-state index is 0.315. The highest BCUT2D eigenvalue weighted by Gasteiger charge is 2.60. The molecule has 0 bridgehead atoms. The van der Waals surface area contributed by atoms with Crippen LogP contribution in [-0.2, 0) is 28.4 Å². The van der Waals surface area contributed by atoms with Crippen LogP contribution in [0.2, 0.25) is 0 Å². The second-order valence-electron chi connectivity index (χ2n) is 4.22. The molecule has 0 aromatic rings. The van der Waals surface area contributed by atoms with E-state index in [9.17, 15) is 0 Å². The standard InChI is InChI=1S/C11H20O6/c1-10(12-2,13-3)11(8-14-4-7-17-11)9-15-5-6-16-9/h9H,4-8H2,1-3H3. The molecule has 2 rings (SSSR count). The summed E-state index contributed by atoms with van der Waals surface area (Å²) in [5, 5.41) is 0. The van der Waals surface area contributed by atoms with Crippen molar-refractivity contribution in [3.05, 3.63) is 0 Å². The summed E-state index contributed by atoms with van der Waals surface area (Å²) in [5.74, 6) is -0.984. The van der Waals surface area contributed by atoms with Gasteiger partial charge in [-0.05, 0) is 6.92 Å². The first-order valence-corrected chi connectivity index (χ1v) is 5.74. The van der Waals surface area contributed by atoms with E-state index < -0.39 is 17.7 Å². The van der Waals surface area contributed by atoms with E-state index in [0.717, 1.165) is 0 Å². The van der Waals surface area contributed by atoms with Crippen LogP contribution >= 0.6 is 0 Å². The SMILES string of the molecule is COC(C)(OC)C1(C2OCCO2)COCCO1. The van der Waals surface area contributed by atoms with Crippen LogP contribution in [0.15, 0.2) is 0 Å². The summed E-state index contributed by atoms with van der Waals surface area (Å²) in [5.41, 5.74) is -0.898. The van der Waals surface area contributed by atoms with Crippen LogP contribution in [0.5, 0.6) is 0 Å². The Balaban J connectivity index is 2.27. The Morgan fingerprint density at radius 2 is 1.71 bits per heavy atom. The molecule has 0 aliphatic carbocycles. The van der Waals surface area contributed by atoms with Gasteiger partial charge in [0.2, 0.25) is 5.79 Å². The van der Waals surface area contributed by atoms with Gasteiger partial charge < -0.3 is 28.4 Å². The van der Waals surface area contributed by atoms with Gasteiger partial charge >= 0.3 is 0 Å². The number of rotatable bonds is 4. The van der Waals surface area contributed by atoms with Crippen molar-refractivity contribution in [3.8, 4) is 0 Å². The Kier molecular flexibility index (Phi) is 4.02. The number of methoxy groups -OCH3 is 2. The van der Waals surface area contributed by atoms with E-state index in [-0.39, 0.29) is 0 Å². The first kappa shape index (κ1) is 13.2. The third-order valence-electron chi connectivity index (χ3n) is 3.45. The zero-order chi connectivity index (χ0) is 12.4. The molecule has 0 aromatic heterocycles. The fraction of sp³-hybridized carbons (Fsp3) is 1.00. The molecule has 1 atom stereocenters. The van der Waals surface area contributed by atoms with Crippen LogP contribution in [0.1, 0.15) is 6.92 Å². The summed E-state index contributed by atoms with van der Waals surface area (Å²) in [6.07, 6.45) is -0.535. The van der Waals surface area contributed by atoms with Gasteiger partial charge in [-0.15, -0.1) is 0 Å². The van der Waals surface area contributed by atoms with Crippen molar-refractivity contribution in [2.75, 3.05) is 47.3 Å². The topological polar surface area (TPSA) is 55.4 Å². The molecule has 1 unspecified atom stereocenters. The molecular formula is C11H20O6. The molecule has 0 N–H and O–H groups in total. The van der Waals surface area contributed by atoms with Gasteiger partial charge in [0.15, 0.2) is 11.9 Å². The molecule has 6 nitrogen and oxygen atoms in total. The maximum atomic E-state index is 5.87. The van der Waals surface area contributed by atoms with Crippen LogP contribution in [0.3, 0.4) is 0 Å². The molecule has 0 aromatic carbocycles. The number of ether oxygens (including phenoxy) is 6. The highest BCUT2D eigenvalue weighted by atomic mass is 16.8. The minimum atomic E-state index is -0.984. The average Bonchev–Trinajstić information content (AvgIpc) is 2.93. The summed E-state index contributed by atoms with van der Waals surface area (Å²) in [4.78, 5) is 0. The van der Waals surface area contributed by atoms with Crippen molar-refractivity contribution >= 4 is 0 Å². The second-order valence-corrected chi connectivity index (χ2v) is 4.22. The predicted molar refractivity (Wildman–Crippen MR) is 57.6 cm³/mol. The molecular weight excluding hydrogens is 228 g/mol. The van der Waals surface area contributed by atoms with E-state index in [0.29, 0.717) is 33.0 Å². The van der Waals surface area contributed by atoms with Crippen molar-refractivity contribution in [2.24, 2.45) is 0 Å². The first-order chi connectivity index (χ1) is 8.18. The van der Waals surface area contributed by atoms with Gasteiger partial charge in [-0.1, -0.05) is 0 Å². The first-order valence-electron chi connectivity index (χ1n) is 5.74. The van der Waals surface area contributed by atoms with Gasteiger partial charge in [-0.2, -0.15) is 0 Å². The van der Waals surface area contributed by atoms with Gasteiger partial charge in [0.25, 0.3) is 0 Å². The molecule has 2 heterocycles. The molecule has 2 saturated heterocycles. The fourth-order valence-corrected chi connectivity index (χ4v) is 2.22. The summed E-state index contributed by atoms with van der Waals surface area (Å²) in [6, 6.07) is 0. The zero-order valence-corrected chi connectivity index (χ0v) is 10.6. The third kappa shape index (κ3) is 2.09. The molecule has 0 radical (unpaired) electrons. The van der Waals surface area contributed by atoms with E-state index in [1.54, 1.807) is 21.1 Å². The van der Waals surface area contributed by atoms with Crippen LogP contribution in [0.4, 0.5) is 0 Å². The van der Waals surface area contributed by atoms with E-state index in [1.165, 1.54) is 0 Å². The lowest BCUT2D eigenvalue weighted by atomic mass is 9.92. The van der Waals surface area contributed by atoms with Gasteiger partial charge in [0.1, 0.15) is 0 Å². The van der Waals surface area contributed by atoms with E-state index in [1.807, 2.05) is 0 Å². The highest BCUT2D eigenvalue weighted by Crippen LogP contribution is 2.38. The van der Waals surface area contributed by atoms with Crippen LogP contribution in [0.25, 0.3) is 0 Å². The lowest BCUT2D eigenvalue weighted by Gasteiger charge is -2.49. The molecule has 100 valence electrons. The van der Waals surface area contributed by atoms with Crippen molar-refractivity contribution < 1.29 is 28.4 Å². The van der Waals surface area contributed by atoms with Crippen molar-refractivity contribution in [2.45, 2.75) is 24.6 Å². The summed E-state index contributed by atoms with van der Waals surface area (Å²) in [6.45, 7) is 4.21. The van der Waals surface area contributed by atoms with Gasteiger partial charge in [0, 0.05) is 14.2 Å². The highest BCUT2D eigenvalue weighted by molar-refractivity contribution is 4.99. The summed E-state index contributed by atoms with van der Waals surface area (Å²) in [7, 11) is 3.14. The summed E-state index contributed by atoms with van der Waals surface area (Å²) >= 11 is 0. The van der Waals surface area contributed by atoms with E-state index in [4.69, 9.17) is 28.4 Å². The number of hydrogen-bond donors (Lipinski definition) is 0. The third-order valence-corrected chi connectivity index (χ3v) is 3.45. The van der Waals surface area contributed by atoms with E-state index in [2.05, 4.69) is 0 Å². The fourth-order valence-electron chi connectivity index (χ4n) is 2.22. The monoisotopic (exact) mass is 248 g/mol. The normalized spacial score (nSPS) is 31.9. The van der Waals surface area contributed by atoms with Crippen molar-refractivity contribution in [1.82, 2.24) is 0 Å². The Hall–Kier alpha value is -0.240. The molecule has 6 heteroatoms. The molecule has 0 amide bonds. The molecule has 2 aliphatic heterocycles. The average molecular weight is 248 g/mol. The van der Waals surface area contributed by atoms with E-state index >= 15 is 0 Å². The Bertz CT molecular complexity index is 240. The maximum Gasteiger partial charge on any atom is 0.201 e. The molecule has 0 saturated carbocycles. The largest absolute Gasteiger partial charge is 0.376 e. The Labute approximate surface area is 101 Å². The minimum Gasteiger partial charge on any atom is -0.376 e. The lowest BCUT2D eigenvalue weighted by Crippen LogP contribution is -2.67. The van der Waals surface area contributed by atoms with Gasteiger partial charge in [-0.3, -0.25) is 0 Å². The molecule has 0 spiro atoms. The van der Waals surface area contributed by atoms with Crippen LogP contribution in [0, 0.1) is 0 Å².